The van der Waals surface area contributed by atoms with Crippen molar-refractivity contribution in [1.29, 1.82) is 0 Å². The van der Waals surface area contributed by atoms with Crippen molar-refractivity contribution in [3.8, 4) is 11.5 Å². The van der Waals surface area contributed by atoms with Gasteiger partial charge in [-0.25, -0.2) is 4.39 Å². The van der Waals surface area contributed by atoms with E-state index in [0.29, 0.717) is 11.3 Å². The summed E-state index contributed by atoms with van der Waals surface area (Å²) in [6.07, 6.45) is 1.07. The Morgan fingerprint density at radius 1 is 1.10 bits per heavy atom. The van der Waals surface area contributed by atoms with E-state index in [1.165, 1.54) is 17.7 Å². The maximum Gasteiger partial charge on any atom is 0.132 e. The van der Waals surface area contributed by atoms with Gasteiger partial charge in [-0.05, 0) is 47.7 Å². The molecule has 21 heavy (non-hydrogen) atoms. The lowest BCUT2D eigenvalue weighted by Crippen LogP contribution is -2.14. The number of benzene rings is 2. The molecule has 0 fully saturated rings. The summed E-state index contributed by atoms with van der Waals surface area (Å²) in [7, 11) is 0. The minimum atomic E-state index is -0.307. The van der Waals surface area contributed by atoms with Crippen molar-refractivity contribution < 1.29 is 9.13 Å². The predicted octanol–water partition coefficient (Wildman–Crippen LogP) is 6.04. The van der Waals surface area contributed by atoms with E-state index in [4.69, 9.17) is 16.3 Å². The van der Waals surface area contributed by atoms with Gasteiger partial charge in [0.15, 0.2) is 0 Å². The lowest BCUT2D eigenvalue weighted by molar-refractivity contribution is 0.472. The number of alkyl halides is 1. The normalized spacial score (nSPS) is 11.5. The number of hydrogen-bond acceptors (Lipinski definition) is 1. The van der Waals surface area contributed by atoms with E-state index in [9.17, 15) is 4.39 Å². The van der Waals surface area contributed by atoms with Crippen LogP contribution < -0.4 is 4.74 Å². The fourth-order valence-corrected chi connectivity index (χ4v) is 2.27. The van der Waals surface area contributed by atoms with Crippen LogP contribution >= 0.6 is 11.6 Å². The van der Waals surface area contributed by atoms with Gasteiger partial charge in [-0.3, -0.25) is 0 Å². The van der Waals surface area contributed by atoms with Crippen LogP contribution in [0.4, 0.5) is 4.39 Å². The molecule has 1 nitrogen and oxygen atoms in total. The Kier molecular flexibility index (Phi) is 4.89. The lowest BCUT2D eigenvalue weighted by Gasteiger charge is -2.23. The first-order chi connectivity index (χ1) is 9.96. The zero-order chi connectivity index (χ0) is 15.5. The number of hydrogen-bond donors (Lipinski definition) is 0. The fraction of sp³-hybridized carbons (Fsp3) is 0.333. The Labute approximate surface area is 130 Å². The van der Waals surface area contributed by atoms with E-state index < -0.39 is 0 Å². The van der Waals surface area contributed by atoms with Gasteiger partial charge in [-0.1, -0.05) is 32.9 Å². The zero-order valence-corrected chi connectivity index (χ0v) is 13.4. The van der Waals surface area contributed by atoms with Crippen LogP contribution in [-0.4, -0.2) is 0 Å². The first kappa shape index (κ1) is 15.8. The van der Waals surface area contributed by atoms with Crippen molar-refractivity contribution in [2.24, 2.45) is 0 Å². The van der Waals surface area contributed by atoms with Gasteiger partial charge in [-0.15, -0.1) is 11.6 Å². The topological polar surface area (TPSA) is 9.23 Å². The van der Waals surface area contributed by atoms with Crippen LogP contribution in [0.1, 0.15) is 38.3 Å². The van der Waals surface area contributed by atoms with Crippen LogP contribution in [0, 0.1) is 5.82 Å². The zero-order valence-electron chi connectivity index (χ0n) is 12.6. The predicted molar refractivity (Wildman–Crippen MR) is 85.8 cm³/mol. The Morgan fingerprint density at radius 2 is 1.76 bits per heavy atom. The lowest BCUT2D eigenvalue weighted by atomic mass is 9.82. The number of ether oxygens (including phenoxy) is 1. The molecule has 0 aromatic heterocycles. The monoisotopic (exact) mass is 306 g/mol. The van der Waals surface area contributed by atoms with Gasteiger partial charge in [0.2, 0.25) is 0 Å². The highest BCUT2D eigenvalue weighted by atomic mass is 35.5. The molecule has 3 heteroatoms. The summed E-state index contributed by atoms with van der Waals surface area (Å²) in [5, 5.41) is 0. The van der Waals surface area contributed by atoms with Gasteiger partial charge in [0.25, 0.3) is 0 Å². The summed E-state index contributed by atoms with van der Waals surface area (Å²) in [6.45, 7) is 6.61. The molecule has 2 aromatic rings. The van der Waals surface area contributed by atoms with Gasteiger partial charge in [0, 0.05) is 5.56 Å². The number of halogens is 2. The quantitative estimate of drug-likeness (QED) is 0.611. The van der Waals surface area contributed by atoms with Crippen molar-refractivity contribution in [2.75, 3.05) is 0 Å². The number of rotatable bonds is 5. The maximum absolute atomic E-state index is 13.2. The molecule has 0 unspecified atom stereocenters. The Bertz CT molecular complexity index is 605. The Hall–Kier alpha value is -1.54. The van der Waals surface area contributed by atoms with Gasteiger partial charge in [-0.2, -0.15) is 0 Å². The molecule has 0 heterocycles. The molecule has 0 N–H and O–H groups in total. The summed E-state index contributed by atoms with van der Waals surface area (Å²) < 4.78 is 19.0. The largest absolute Gasteiger partial charge is 0.457 e. The SMILES string of the molecule is CCC(C)(C)c1ccc(Oc2ccc(F)cc2CCl)cc1. The molecule has 2 rings (SSSR count). The van der Waals surface area contributed by atoms with E-state index in [1.54, 1.807) is 6.07 Å². The van der Waals surface area contributed by atoms with Crippen LogP contribution in [0.15, 0.2) is 42.5 Å². The van der Waals surface area contributed by atoms with Crippen LogP contribution in [0.25, 0.3) is 0 Å². The van der Waals surface area contributed by atoms with Gasteiger partial charge in [0.05, 0.1) is 5.88 Å². The average molecular weight is 307 g/mol. The molecule has 0 radical (unpaired) electrons. The van der Waals surface area contributed by atoms with Gasteiger partial charge in [0.1, 0.15) is 17.3 Å². The Balaban J connectivity index is 2.21. The third kappa shape index (κ3) is 3.76. The highest BCUT2D eigenvalue weighted by molar-refractivity contribution is 6.17. The summed E-state index contributed by atoms with van der Waals surface area (Å²) in [4.78, 5) is 0. The molecular formula is C18H20ClFO. The van der Waals surface area contributed by atoms with Crippen LogP contribution in [0.3, 0.4) is 0 Å². The van der Waals surface area contributed by atoms with E-state index in [0.717, 1.165) is 12.2 Å². The smallest absolute Gasteiger partial charge is 0.132 e. The van der Waals surface area contributed by atoms with Gasteiger partial charge < -0.3 is 4.74 Å². The van der Waals surface area contributed by atoms with Crippen molar-refractivity contribution in [3.63, 3.8) is 0 Å². The van der Waals surface area contributed by atoms with Gasteiger partial charge >= 0.3 is 0 Å². The van der Waals surface area contributed by atoms with Crippen molar-refractivity contribution >= 4 is 11.6 Å². The third-order valence-corrected chi connectivity index (χ3v) is 4.20. The molecule has 0 aliphatic rings. The molecule has 0 bridgehead atoms. The Morgan fingerprint density at radius 3 is 2.33 bits per heavy atom. The van der Waals surface area contributed by atoms with E-state index >= 15 is 0 Å². The van der Waals surface area contributed by atoms with Crippen LogP contribution in [0.2, 0.25) is 0 Å². The molecule has 0 saturated heterocycles. The summed E-state index contributed by atoms with van der Waals surface area (Å²) in [5.74, 6) is 1.23. The van der Waals surface area contributed by atoms with E-state index in [2.05, 4.69) is 32.9 Å². The maximum atomic E-state index is 13.2. The molecule has 112 valence electrons. The summed E-state index contributed by atoms with van der Waals surface area (Å²) in [5.41, 5.74) is 2.07. The molecule has 0 saturated carbocycles. The standard InChI is InChI=1S/C18H20ClFO/c1-4-18(2,3)14-5-8-16(9-6-14)21-17-10-7-15(20)11-13(17)12-19/h5-11H,4,12H2,1-3H3. The fourth-order valence-electron chi connectivity index (χ4n) is 2.06. The highest BCUT2D eigenvalue weighted by Gasteiger charge is 2.17. The molecule has 0 atom stereocenters. The average Bonchev–Trinajstić information content (AvgIpc) is 2.49. The first-order valence-electron chi connectivity index (χ1n) is 7.09. The van der Waals surface area contributed by atoms with E-state index in [1.807, 2.05) is 12.1 Å². The summed E-state index contributed by atoms with van der Waals surface area (Å²) in [6, 6.07) is 12.4. The second-order valence-corrected chi connectivity index (χ2v) is 6.02. The van der Waals surface area contributed by atoms with E-state index in [-0.39, 0.29) is 17.1 Å². The highest BCUT2D eigenvalue weighted by Crippen LogP contribution is 2.31. The molecular weight excluding hydrogens is 287 g/mol. The third-order valence-electron chi connectivity index (χ3n) is 3.91. The van der Waals surface area contributed by atoms with Crippen LogP contribution in [-0.2, 0) is 11.3 Å². The second-order valence-electron chi connectivity index (χ2n) is 5.75. The minimum Gasteiger partial charge on any atom is -0.457 e. The van der Waals surface area contributed by atoms with Crippen molar-refractivity contribution in [3.05, 3.63) is 59.4 Å². The molecule has 0 aliphatic carbocycles. The molecule has 0 amide bonds. The minimum absolute atomic E-state index is 0.149. The first-order valence-corrected chi connectivity index (χ1v) is 7.62. The molecule has 0 spiro atoms. The molecule has 2 aromatic carbocycles. The van der Waals surface area contributed by atoms with Crippen LogP contribution in [0.5, 0.6) is 11.5 Å². The second kappa shape index (κ2) is 6.48. The molecule has 0 aliphatic heterocycles. The van der Waals surface area contributed by atoms with Crippen molar-refractivity contribution in [1.82, 2.24) is 0 Å². The van der Waals surface area contributed by atoms with Crippen molar-refractivity contribution in [2.45, 2.75) is 38.5 Å². The summed E-state index contributed by atoms with van der Waals surface area (Å²) >= 11 is 5.83.